The number of pyridine rings is 2. The van der Waals surface area contributed by atoms with Crippen LogP contribution in [0.25, 0.3) is 43.6 Å². The number of nitrogens with zero attached hydrogens (tertiary/aromatic N) is 2. The molecule has 0 fully saturated rings. The van der Waals surface area contributed by atoms with E-state index in [1.807, 2.05) is 54.6 Å². The number of H-pyrrole nitrogens is 1. The lowest BCUT2D eigenvalue weighted by molar-refractivity contribution is 0.747. The molecule has 5 aromatic rings. The van der Waals surface area contributed by atoms with Gasteiger partial charge in [-0.3, -0.25) is 9.59 Å². The number of aryl methyl sites for hydroxylation is 1. The van der Waals surface area contributed by atoms with E-state index < -0.39 is 0 Å². The summed E-state index contributed by atoms with van der Waals surface area (Å²) in [6.07, 6.45) is 2.03. The molecule has 0 atom stereocenters. The summed E-state index contributed by atoms with van der Waals surface area (Å²) in [6.45, 7) is 8.91. The highest BCUT2D eigenvalue weighted by atomic mass is 16.1. The van der Waals surface area contributed by atoms with Crippen molar-refractivity contribution in [2.45, 2.75) is 40.2 Å². The Hall–Kier alpha value is -3.60. The number of aromatic nitrogens is 2. The van der Waals surface area contributed by atoms with Crippen LogP contribution >= 0.6 is 0 Å². The summed E-state index contributed by atoms with van der Waals surface area (Å²) in [5.74, 6) is 0. The maximum Gasteiger partial charge on any atom is 0.199 e. The van der Waals surface area contributed by atoms with Gasteiger partial charge in [-0.1, -0.05) is 32.0 Å². The number of nitrogens with one attached hydrogen (secondary N) is 1. The summed E-state index contributed by atoms with van der Waals surface area (Å²) < 4.78 is 2.13. The van der Waals surface area contributed by atoms with E-state index in [9.17, 15) is 9.59 Å². The van der Waals surface area contributed by atoms with Crippen LogP contribution in [0.3, 0.4) is 0 Å². The Morgan fingerprint density at radius 2 is 1.52 bits per heavy atom. The zero-order valence-electron chi connectivity index (χ0n) is 19.4. The Morgan fingerprint density at radius 3 is 2.24 bits per heavy atom. The van der Waals surface area contributed by atoms with E-state index >= 15 is 0 Å². The summed E-state index contributed by atoms with van der Waals surface area (Å²) in [5.41, 5.74) is 4.19. The lowest BCUT2D eigenvalue weighted by Crippen LogP contribution is -2.26. The van der Waals surface area contributed by atoms with Crippen molar-refractivity contribution in [3.8, 4) is 0 Å². The third-order valence-electron chi connectivity index (χ3n) is 6.54. The van der Waals surface area contributed by atoms with Crippen molar-refractivity contribution in [1.82, 2.24) is 9.55 Å². The molecule has 0 saturated carbocycles. The lowest BCUT2D eigenvalue weighted by atomic mass is 10.0. The van der Waals surface area contributed by atoms with E-state index in [4.69, 9.17) is 0 Å². The number of rotatable bonds is 6. The molecule has 0 amide bonds. The summed E-state index contributed by atoms with van der Waals surface area (Å²) in [5, 5.41) is 2.67. The van der Waals surface area contributed by atoms with Crippen molar-refractivity contribution >= 4 is 49.3 Å². The van der Waals surface area contributed by atoms with Crippen LogP contribution in [0.5, 0.6) is 0 Å². The number of para-hydroxylation sites is 1. The topological polar surface area (TPSA) is 58.1 Å². The van der Waals surface area contributed by atoms with Crippen molar-refractivity contribution in [2.75, 3.05) is 18.0 Å². The average molecular weight is 440 g/mol. The smallest absolute Gasteiger partial charge is 0.199 e. The van der Waals surface area contributed by atoms with Gasteiger partial charge in [-0.05, 0) is 56.2 Å². The van der Waals surface area contributed by atoms with E-state index in [1.54, 1.807) is 0 Å². The first kappa shape index (κ1) is 21.3. The summed E-state index contributed by atoms with van der Waals surface area (Å²) >= 11 is 0. The molecule has 1 N–H and O–H groups in total. The highest BCUT2D eigenvalue weighted by molar-refractivity contribution is 6.05. The molecule has 0 aliphatic rings. The predicted molar refractivity (Wildman–Crippen MR) is 140 cm³/mol. The number of benzene rings is 3. The molecule has 5 heteroatoms. The van der Waals surface area contributed by atoms with Crippen LogP contribution in [0, 0.1) is 0 Å². The van der Waals surface area contributed by atoms with E-state index in [0.717, 1.165) is 53.6 Å². The van der Waals surface area contributed by atoms with E-state index in [0.29, 0.717) is 28.2 Å². The van der Waals surface area contributed by atoms with Crippen LogP contribution in [0.15, 0.2) is 64.2 Å². The van der Waals surface area contributed by atoms with Crippen molar-refractivity contribution in [3.05, 3.63) is 75.0 Å². The molecule has 2 aromatic heterocycles. The van der Waals surface area contributed by atoms with Gasteiger partial charge in [0.15, 0.2) is 10.9 Å². The molecule has 0 radical (unpaired) electrons. The minimum atomic E-state index is -0.000960. The van der Waals surface area contributed by atoms with Gasteiger partial charge in [-0.2, -0.15) is 0 Å². The van der Waals surface area contributed by atoms with Crippen LogP contribution in [-0.2, 0) is 6.54 Å². The Balaban J connectivity index is 1.91. The number of hydrogen-bond donors (Lipinski definition) is 1. The molecule has 0 unspecified atom stereocenters. The molecule has 3 aromatic carbocycles. The molecule has 0 aliphatic carbocycles. The highest BCUT2D eigenvalue weighted by Crippen LogP contribution is 2.28. The Kier molecular flexibility index (Phi) is 5.41. The van der Waals surface area contributed by atoms with Crippen molar-refractivity contribution in [2.24, 2.45) is 0 Å². The summed E-state index contributed by atoms with van der Waals surface area (Å²) in [7, 11) is 0. The minimum Gasteiger partial charge on any atom is -0.371 e. The Morgan fingerprint density at radius 1 is 0.758 bits per heavy atom. The Labute approximate surface area is 192 Å². The molecular formula is C28H29N3O2. The molecule has 2 heterocycles. The van der Waals surface area contributed by atoms with E-state index in [-0.39, 0.29) is 10.9 Å². The van der Waals surface area contributed by atoms with Crippen LogP contribution in [0.2, 0.25) is 0 Å². The van der Waals surface area contributed by atoms with Gasteiger partial charge < -0.3 is 14.5 Å². The molecule has 5 rings (SSSR count). The van der Waals surface area contributed by atoms with Crippen LogP contribution in [0.4, 0.5) is 5.69 Å². The first-order valence-corrected chi connectivity index (χ1v) is 11.9. The van der Waals surface area contributed by atoms with Gasteiger partial charge in [-0.15, -0.1) is 0 Å². The lowest BCUT2D eigenvalue weighted by Gasteiger charge is -2.25. The first-order valence-electron chi connectivity index (χ1n) is 11.9. The fourth-order valence-corrected chi connectivity index (χ4v) is 5.12. The Bertz CT molecular complexity index is 1620. The maximum atomic E-state index is 13.9. The van der Waals surface area contributed by atoms with E-state index in [1.165, 1.54) is 0 Å². The number of anilines is 1. The van der Waals surface area contributed by atoms with Gasteiger partial charge in [-0.25, -0.2) is 0 Å². The highest BCUT2D eigenvalue weighted by Gasteiger charge is 2.17. The normalized spacial score (nSPS) is 11.7. The fraction of sp³-hybridized carbons (Fsp3) is 0.286. The predicted octanol–water partition coefficient (Wildman–Crippen LogP) is 5.80. The minimum absolute atomic E-state index is 0.000960. The molecule has 0 saturated heterocycles. The number of aromatic amines is 1. The maximum absolute atomic E-state index is 13.9. The zero-order valence-corrected chi connectivity index (χ0v) is 19.4. The van der Waals surface area contributed by atoms with Gasteiger partial charge in [0.05, 0.1) is 33.1 Å². The molecule has 0 aliphatic heterocycles. The SMILES string of the molecule is CCCN(CCC)c1cccc2[nH]c3cc4c(=O)c5ccccc5n(CC)c4cc3c(=O)c12. The zero-order chi connectivity index (χ0) is 23.1. The fourth-order valence-electron chi connectivity index (χ4n) is 5.12. The molecule has 5 nitrogen and oxygen atoms in total. The third kappa shape index (κ3) is 3.30. The number of hydrogen-bond acceptors (Lipinski definition) is 3. The second-order valence-corrected chi connectivity index (χ2v) is 8.65. The van der Waals surface area contributed by atoms with Crippen LogP contribution in [0.1, 0.15) is 33.6 Å². The number of fused-ring (bicyclic) bond motifs is 4. The van der Waals surface area contributed by atoms with Crippen LogP contribution < -0.4 is 15.8 Å². The van der Waals surface area contributed by atoms with Gasteiger partial charge >= 0.3 is 0 Å². The van der Waals surface area contributed by atoms with Gasteiger partial charge in [0.25, 0.3) is 0 Å². The molecule has 33 heavy (non-hydrogen) atoms. The second kappa shape index (κ2) is 8.39. The quantitative estimate of drug-likeness (QED) is 0.340. The van der Waals surface area contributed by atoms with Gasteiger partial charge in [0.1, 0.15) is 0 Å². The molecule has 0 spiro atoms. The molecular weight excluding hydrogens is 410 g/mol. The largest absolute Gasteiger partial charge is 0.371 e. The van der Waals surface area contributed by atoms with Crippen LogP contribution in [-0.4, -0.2) is 22.6 Å². The third-order valence-corrected chi connectivity index (χ3v) is 6.54. The average Bonchev–Trinajstić information content (AvgIpc) is 2.83. The molecule has 168 valence electrons. The van der Waals surface area contributed by atoms with Crippen molar-refractivity contribution in [1.29, 1.82) is 0 Å². The second-order valence-electron chi connectivity index (χ2n) is 8.65. The summed E-state index contributed by atoms with van der Waals surface area (Å²) in [6, 6.07) is 17.4. The van der Waals surface area contributed by atoms with E-state index in [2.05, 4.69) is 35.2 Å². The standard InChI is InChI=1S/C28H29N3O2/c1-4-14-30(15-5-2)24-13-9-11-21-26(24)28(33)19-17-25-20(16-22(19)29-21)27(32)18-10-7-8-12-23(18)31(25)6-3/h7-13,16-17H,4-6,14-15H2,1-3H3,(H,29,33). The van der Waals surface area contributed by atoms with Gasteiger partial charge in [0.2, 0.25) is 0 Å². The van der Waals surface area contributed by atoms with Gasteiger partial charge in [0, 0.05) is 35.8 Å². The van der Waals surface area contributed by atoms with Crippen molar-refractivity contribution in [3.63, 3.8) is 0 Å². The first-order chi connectivity index (χ1) is 16.1. The summed E-state index contributed by atoms with van der Waals surface area (Å²) in [4.78, 5) is 33.0. The monoisotopic (exact) mass is 439 g/mol. The van der Waals surface area contributed by atoms with Crippen molar-refractivity contribution < 1.29 is 0 Å². The molecule has 0 bridgehead atoms.